The van der Waals surface area contributed by atoms with E-state index >= 15 is 0 Å². The molecule has 4 atom stereocenters. The topological polar surface area (TPSA) is 179 Å². The molecule has 0 spiro atoms. The van der Waals surface area contributed by atoms with Gasteiger partial charge in [-0.2, -0.15) is 0 Å². The number of hydrogen-bond acceptors (Lipinski definition) is 14. The number of hydrogen-bond donors (Lipinski definition) is 1. The van der Waals surface area contributed by atoms with Crippen molar-refractivity contribution in [1.29, 1.82) is 0 Å². The van der Waals surface area contributed by atoms with Crippen molar-refractivity contribution in [3.05, 3.63) is 17.7 Å². The number of aliphatic hydroxyl groups is 1. The molecule has 1 saturated heterocycles. The molecule has 8 bridgehead atoms. The van der Waals surface area contributed by atoms with E-state index < -0.39 is 33.9 Å². The summed E-state index contributed by atoms with van der Waals surface area (Å²) in [5, 5.41) is 10.6. The van der Waals surface area contributed by atoms with Gasteiger partial charge in [0.25, 0.3) is 0 Å². The summed E-state index contributed by atoms with van der Waals surface area (Å²) in [6.07, 6.45) is 15.8. The third-order valence-electron chi connectivity index (χ3n) is 19.3. The second-order valence-corrected chi connectivity index (χ2v) is 26.7. The quantitative estimate of drug-likeness (QED) is 0.108. The van der Waals surface area contributed by atoms with E-state index in [0.29, 0.717) is 79.8 Å². The fourth-order valence-electron chi connectivity index (χ4n) is 12.8. The molecule has 0 radical (unpaired) electrons. The molecule has 1 N–H and O–H groups in total. The van der Waals surface area contributed by atoms with Gasteiger partial charge in [-0.3, -0.25) is 19.2 Å². The molecular weight excluding hydrogens is 969 g/mol. The summed E-state index contributed by atoms with van der Waals surface area (Å²) in [5.74, 6) is 5.44. The summed E-state index contributed by atoms with van der Waals surface area (Å²) < 4.78 is 43.5. The zero-order valence-electron chi connectivity index (χ0n) is 50.0. The molecule has 1 heterocycles. The van der Waals surface area contributed by atoms with Gasteiger partial charge in [0.05, 0.1) is 61.8 Å². The maximum absolute atomic E-state index is 12.5. The fourth-order valence-corrected chi connectivity index (χ4v) is 12.8. The van der Waals surface area contributed by atoms with Crippen LogP contribution in [0.4, 0.5) is 0 Å². The van der Waals surface area contributed by atoms with Crippen molar-refractivity contribution in [3.8, 4) is 17.2 Å². The minimum absolute atomic E-state index is 0.0185. The number of carbonyl (C=O) groups excluding carboxylic acids is 5. The second-order valence-electron chi connectivity index (χ2n) is 26.7. The molecule has 1 aromatic carbocycles. The number of benzene rings is 1. The van der Waals surface area contributed by atoms with Crippen LogP contribution in [0.2, 0.25) is 0 Å². The van der Waals surface area contributed by atoms with E-state index in [9.17, 15) is 29.1 Å². The Morgan fingerprint density at radius 3 is 1.51 bits per heavy atom. The van der Waals surface area contributed by atoms with Crippen molar-refractivity contribution in [3.63, 3.8) is 0 Å². The van der Waals surface area contributed by atoms with Crippen LogP contribution < -0.4 is 14.2 Å². The first-order valence-corrected chi connectivity index (χ1v) is 28.9. The summed E-state index contributed by atoms with van der Waals surface area (Å²) in [6.45, 7) is 28.3. The first-order valence-electron chi connectivity index (χ1n) is 28.9. The van der Waals surface area contributed by atoms with E-state index in [1.807, 2.05) is 74.4 Å². The Morgan fingerprint density at radius 2 is 1.09 bits per heavy atom. The van der Waals surface area contributed by atoms with Crippen molar-refractivity contribution in [2.75, 3.05) is 34.5 Å². The van der Waals surface area contributed by atoms with Crippen LogP contribution in [0.1, 0.15) is 218 Å². The SMILES string of the molecule is CCC(C)(C)C(=O)OC1(C)C2CC3CC(C2)CC1C3.CCC(C)(C)C(=O)OC12CC3CC(CC(O)(C3)C1)C2.CCC(C)(C)C(=O)OC1CCOC1=O.CCC(C)(C)C(=O)OCCC(C)c1c(OC)cc(OC)cc1OC. The van der Waals surface area contributed by atoms with Crippen LogP contribution in [-0.4, -0.2) is 92.4 Å². The molecule has 432 valence electrons. The molecule has 9 fully saturated rings. The van der Waals surface area contributed by atoms with Crippen molar-refractivity contribution >= 4 is 29.8 Å². The lowest BCUT2D eigenvalue weighted by atomic mass is 9.50. The summed E-state index contributed by atoms with van der Waals surface area (Å²) >= 11 is 0. The van der Waals surface area contributed by atoms with Crippen LogP contribution in [-0.2, 0) is 47.7 Å². The minimum Gasteiger partial charge on any atom is -0.496 e. The highest BCUT2D eigenvalue weighted by molar-refractivity contribution is 5.83. The molecule has 1 aromatic rings. The summed E-state index contributed by atoms with van der Waals surface area (Å²) in [7, 11) is 4.84. The van der Waals surface area contributed by atoms with Gasteiger partial charge in [0.15, 0.2) is 0 Å². The van der Waals surface area contributed by atoms with E-state index in [4.69, 9.17) is 37.9 Å². The van der Waals surface area contributed by atoms with Gasteiger partial charge in [0.1, 0.15) is 28.5 Å². The number of carbonyl (C=O) groups is 5. The largest absolute Gasteiger partial charge is 0.496 e. The zero-order valence-corrected chi connectivity index (χ0v) is 50.0. The minimum atomic E-state index is -0.687. The molecule has 0 amide bonds. The van der Waals surface area contributed by atoms with Gasteiger partial charge in [-0.25, -0.2) is 4.79 Å². The summed E-state index contributed by atoms with van der Waals surface area (Å²) in [4.78, 5) is 59.5. The first-order chi connectivity index (χ1) is 35.4. The fraction of sp³-hybridized carbons (Fsp3) is 0.823. The zero-order chi connectivity index (χ0) is 56.8. The van der Waals surface area contributed by atoms with E-state index in [1.54, 1.807) is 35.2 Å². The smallest absolute Gasteiger partial charge is 0.347 e. The van der Waals surface area contributed by atoms with Gasteiger partial charge < -0.3 is 43.0 Å². The first kappa shape index (κ1) is 62.8. The van der Waals surface area contributed by atoms with Crippen LogP contribution in [0.3, 0.4) is 0 Å². The van der Waals surface area contributed by atoms with Gasteiger partial charge in [0.2, 0.25) is 6.10 Å². The number of ether oxygens (including phenoxy) is 8. The number of esters is 5. The van der Waals surface area contributed by atoms with Crippen LogP contribution >= 0.6 is 0 Å². The normalized spacial score (nSPS) is 30.2. The van der Waals surface area contributed by atoms with Crippen molar-refractivity contribution < 1.29 is 67.0 Å². The second kappa shape index (κ2) is 24.9. The highest BCUT2D eigenvalue weighted by Gasteiger charge is 2.60. The van der Waals surface area contributed by atoms with E-state index in [0.717, 1.165) is 62.3 Å². The Balaban J connectivity index is 0.000000190. The van der Waals surface area contributed by atoms with Gasteiger partial charge in [-0.1, -0.05) is 34.6 Å². The van der Waals surface area contributed by atoms with E-state index in [2.05, 4.69) is 20.8 Å². The molecule has 14 heteroatoms. The Labute approximate surface area is 456 Å². The Morgan fingerprint density at radius 1 is 0.645 bits per heavy atom. The van der Waals surface area contributed by atoms with Gasteiger partial charge in [-0.15, -0.1) is 0 Å². The summed E-state index contributed by atoms with van der Waals surface area (Å²) in [6, 6.07) is 3.67. The number of rotatable bonds is 18. The van der Waals surface area contributed by atoms with Crippen LogP contribution in [0.15, 0.2) is 12.1 Å². The van der Waals surface area contributed by atoms with Crippen LogP contribution in [0.25, 0.3) is 0 Å². The standard InChI is InChI=1S/C19H30O5.C17H28O2.C16H26O3.C10H16O4/c1-8-19(3,4)18(20)24-10-9-13(2)17-15(22-6)11-14(21-5)12-16(17)23-7;1-5-16(2,3)15(18)19-17(4)13-7-11-6-12(9-13)10-14(17)8-11;1-4-14(2,3)13(17)19-16-8-11-5-12(9-16)7-15(18,6-11)10-16;1-4-10(2,3)9(12)14-7-5-6-13-8(7)11/h11-13H,8-10H2,1-7H3;11-14H,5-10H2,1-4H3;11-12,18H,4-10H2,1-3H3;7H,4-6H2,1-3H3. The maximum Gasteiger partial charge on any atom is 0.347 e. The molecule has 1 aliphatic heterocycles. The van der Waals surface area contributed by atoms with Gasteiger partial charge >= 0.3 is 29.8 Å². The third-order valence-corrected chi connectivity index (χ3v) is 19.3. The number of methoxy groups -OCH3 is 3. The van der Waals surface area contributed by atoms with Crippen molar-refractivity contribution in [1.82, 2.24) is 0 Å². The Kier molecular flexibility index (Phi) is 20.6. The van der Waals surface area contributed by atoms with Crippen molar-refractivity contribution in [2.24, 2.45) is 57.2 Å². The molecular formula is C62H100O14. The van der Waals surface area contributed by atoms with Crippen molar-refractivity contribution in [2.45, 2.75) is 235 Å². The average molecular weight is 1070 g/mol. The highest BCUT2D eigenvalue weighted by atomic mass is 16.6. The molecule has 0 aromatic heterocycles. The Bertz CT molecular complexity index is 2100. The lowest BCUT2D eigenvalue weighted by Crippen LogP contribution is -2.61. The van der Waals surface area contributed by atoms with E-state index in [1.165, 1.54) is 38.5 Å². The van der Waals surface area contributed by atoms with Crippen LogP contribution in [0, 0.1) is 57.2 Å². The third kappa shape index (κ3) is 14.8. The molecule has 14 nitrogen and oxygen atoms in total. The molecule has 8 aliphatic carbocycles. The predicted molar refractivity (Wildman–Crippen MR) is 292 cm³/mol. The van der Waals surface area contributed by atoms with Gasteiger partial charge in [-0.05, 0) is 200 Å². The monoisotopic (exact) mass is 1070 g/mol. The summed E-state index contributed by atoms with van der Waals surface area (Å²) in [5.41, 5.74) is -1.85. The maximum atomic E-state index is 12.5. The lowest BCUT2D eigenvalue weighted by Gasteiger charge is -2.59. The molecule has 8 saturated carbocycles. The molecule has 4 unspecified atom stereocenters. The van der Waals surface area contributed by atoms with Crippen LogP contribution in [0.5, 0.6) is 17.2 Å². The average Bonchev–Trinajstić information content (AvgIpc) is 3.77. The van der Waals surface area contributed by atoms with E-state index in [-0.39, 0.29) is 46.4 Å². The molecule has 9 aliphatic rings. The highest BCUT2D eigenvalue weighted by Crippen LogP contribution is 2.61. The predicted octanol–water partition coefficient (Wildman–Crippen LogP) is 12.7. The lowest BCUT2D eigenvalue weighted by molar-refractivity contribution is -0.225. The van der Waals surface area contributed by atoms with Gasteiger partial charge in [0, 0.05) is 30.5 Å². The Hall–Kier alpha value is -4.07. The molecule has 10 rings (SSSR count). The number of cyclic esters (lactones) is 1. The molecule has 76 heavy (non-hydrogen) atoms.